The monoisotopic (exact) mass is 275 g/mol. The molecule has 0 heterocycles. The number of ether oxygens (including phenoxy) is 1. The summed E-state index contributed by atoms with van der Waals surface area (Å²) in [7, 11) is 1.26. The van der Waals surface area contributed by atoms with Crippen LogP contribution in [0.5, 0.6) is 0 Å². The Kier molecular flexibility index (Phi) is 5.82. The summed E-state index contributed by atoms with van der Waals surface area (Å²) in [5.41, 5.74) is 0.717. The molecule has 1 aromatic carbocycles. The van der Waals surface area contributed by atoms with Gasteiger partial charge in [0.1, 0.15) is 0 Å². The molecule has 0 radical (unpaired) electrons. The van der Waals surface area contributed by atoms with Gasteiger partial charge >= 0.3 is 12.1 Å². The highest BCUT2D eigenvalue weighted by Crippen LogP contribution is 2.19. The number of methoxy groups -OCH3 is 1. The summed E-state index contributed by atoms with van der Waals surface area (Å²) in [6, 6.07) is 8.82. The lowest BCUT2D eigenvalue weighted by Crippen LogP contribution is -2.30. The highest BCUT2D eigenvalue weighted by Gasteiger charge is 2.27. The van der Waals surface area contributed by atoms with Crippen molar-refractivity contribution >= 4 is 5.97 Å². The number of alkyl halides is 3. The average molecular weight is 275 g/mol. The van der Waals surface area contributed by atoms with Crippen LogP contribution in [0.15, 0.2) is 30.3 Å². The van der Waals surface area contributed by atoms with Crippen LogP contribution in [-0.2, 0) is 9.53 Å². The molecule has 6 heteroatoms. The first-order valence-electron chi connectivity index (χ1n) is 5.84. The van der Waals surface area contributed by atoms with Crippen molar-refractivity contribution in [2.45, 2.75) is 18.5 Å². The van der Waals surface area contributed by atoms with E-state index in [1.54, 1.807) is 30.3 Å². The van der Waals surface area contributed by atoms with Gasteiger partial charge in [-0.1, -0.05) is 30.3 Å². The van der Waals surface area contributed by atoms with E-state index in [0.29, 0.717) is 5.56 Å². The van der Waals surface area contributed by atoms with E-state index in [1.165, 1.54) is 7.11 Å². The van der Waals surface area contributed by atoms with Crippen LogP contribution in [0.1, 0.15) is 17.9 Å². The highest BCUT2D eigenvalue weighted by atomic mass is 19.4. The molecule has 1 N–H and O–H groups in total. The first-order chi connectivity index (χ1) is 8.94. The van der Waals surface area contributed by atoms with Crippen molar-refractivity contribution in [2.75, 3.05) is 20.2 Å². The van der Waals surface area contributed by atoms with Crippen LogP contribution < -0.4 is 5.32 Å². The predicted octanol–water partition coefficient (Wildman–Crippen LogP) is 2.49. The molecule has 1 unspecified atom stereocenters. The quantitative estimate of drug-likeness (QED) is 0.640. The minimum atomic E-state index is -4.19. The first-order valence-corrected chi connectivity index (χ1v) is 5.84. The molecular weight excluding hydrogens is 259 g/mol. The molecule has 0 aromatic heterocycles. The van der Waals surface area contributed by atoms with Crippen LogP contribution in [0.25, 0.3) is 0 Å². The molecule has 0 amide bonds. The molecule has 1 aromatic rings. The van der Waals surface area contributed by atoms with E-state index in [9.17, 15) is 18.0 Å². The maximum Gasteiger partial charge on any atom is 0.390 e. The van der Waals surface area contributed by atoms with Gasteiger partial charge in [-0.25, -0.2) is 0 Å². The first kappa shape index (κ1) is 15.5. The number of halogens is 3. The van der Waals surface area contributed by atoms with E-state index in [0.717, 1.165) is 0 Å². The minimum absolute atomic E-state index is 0.118. The van der Waals surface area contributed by atoms with Crippen molar-refractivity contribution < 1.29 is 22.7 Å². The normalized spacial score (nSPS) is 13.1. The molecule has 0 aliphatic heterocycles. The van der Waals surface area contributed by atoms with Crippen molar-refractivity contribution in [1.82, 2.24) is 5.32 Å². The third-order valence-corrected chi connectivity index (χ3v) is 2.62. The van der Waals surface area contributed by atoms with Gasteiger partial charge in [0.05, 0.1) is 19.4 Å². The fourth-order valence-electron chi connectivity index (χ4n) is 1.64. The van der Waals surface area contributed by atoms with E-state index >= 15 is 0 Å². The maximum atomic E-state index is 12.0. The lowest BCUT2D eigenvalue weighted by atomic mass is 9.99. The van der Waals surface area contributed by atoms with Gasteiger partial charge in [-0.15, -0.1) is 0 Å². The van der Waals surface area contributed by atoms with E-state index in [1.807, 2.05) is 0 Å². The Hall–Kier alpha value is -1.56. The number of hydrogen-bond donors (Lipinski definition) is 1. The zero-order valence-electron chi connectivity index (χ0n) is 10.5. The molecule has 0 spiro atoms. The Balaban J connectivity index is 2.55. The third kappa shape index (κ3) is 5.74. The van der Waals surface area contributed by atoms with Gasteiger partial charge in [-0.3, -0.25) is 4.79 Å². The fraction of sp³-hybridized carbons (Fsp3) is 0.462. The molecule has 0 aliphatic carbocycles. The van der Waals surface area contributed by atoms with Crippen molar-refractivity contribution in [1.29, 1.82) is 0 Å². The van der Waals surface area contributed by atoms with Crippen molar-refractivity contribution in [2.24, 2.45) is 0 Å². The summed E-state index contributed by atoms with van der Waals surface area (Å²) in [5, 5.41) is 2.63. The van der Waals surface area contributed by atoms with Gasteiger partial charge in [-0.2, -0.15) is 13.2 Å². The third-order valence-electron chi connectivity index (χ3n) is 2.62. The van der Waals surface area contributed by atoms with Gasteiger partial charge in [0.25, 0.3) is 0 Å². The zero-order valence-corrected chi connectivity index (χ0v) is 10.5. The van der Waals surface area contributed by atoms with Crippen LogP contribution in [0.2, 0.25) is 0 Å². The summed E-state index contributed by atoms with van der Waals surface area (Å²) in [5.74, 6) is -1.06. The van der Waals surface area contributed by atoms with Crippen molar-refractivity contribution in [3.63, 3.8) is 0 Å². The number of carbonyl (C=O) groups excluding carboxylic acids is 1. The molecule has 0 saturated heterocycles. The highest BCUT2D eigenvalue weighted by molar-refractivity contribution is 5.78. The van der Waals surface area contributed by atoms with Gasteiger partial charge in [-0.05, 0) is 5.56 Å². The number of hydrogen-bond acceptors (Lipinski definition) is 3. The Morgan fingerprint density at radius 2 is 1.95 bits per heavy atom. The van der Waals surface area contributed by atoms with Crippen LogP contribution in [0.3, 0.4) is 0 Å². The number of nitrogens with one attached hydrogen (secondary N) is 1. The smallest absolute Gasteiger partial charge is 0.390 e. The molecule has 19 heavy (non-hydrogen) atoms. The number of benzene rings is 1. The van der Waals surface area contributed by atoms with Gasteiger partial charge in [0.2, 0.25) is 0 Å². The largest absolute Gasteiger partial charge is 0.469 e. The lowest BCUT2D eigenvalue weighted by molar-refractivity contribution is -0.142. The van der Waals surface area contributed by atoms with E-state index in [4.69, 9.17) is 0 Å². The molecule has 1 rings (SSSR count). The summed E-state index contributed by atoms with van der Waals surface area (Å²) < 4.78 is 40.7. The van der Waals surface area contributed by atoms with Gasteiger partial charge < -0.3 is 10.1 Å². The number of esters is 1. The Morgan fingerprint density at radius 1 is 1.32 bits per heavy atom. The lowest BCUT2D eigenvalue weighted by Gasteiger charge is -2.16. The van der Waals surface area contributed by atoms with E-state index in [2.05, 4.69) is 10.1 Å². The number of carbonyl (C=O) groups is 1. The predicted molar refractivity (Wildman–Crippen MR) is 64.7 cm³/mol. The summed E-state index contributed by atoms with van der Waals surface area (Å²) in [4.78, 5) is 11.6. The molecular formula is C13H16F3NO2. The molecule has 0 saturated carbocycles. The van der Waals surface area contributed by atoms with Crippen LogP contribution in [0, 0.1) is 0 Å². The van der Waals surface area contributed by atoms with E-state index in [-0.39, 0.29) is 13.1 Å². The van der Waals surface area contributed by atoms with Crippen molar-refractivity contribution in [3.8, 4) is 0 Å². The van der Waals surface area contributed by atoms with Crippen molar-refractivity contribution in [3.05, 3.63) is 35.9 Å². The second kappa shape index (κ2) is 7.13. The van der Waals surface area contributed by atoms with Gasteiger partial charge in [0, 0.05) is 13.1 Å². The van der Waals surface area contributed by atoms with Crippen LogP contribution in [0.4, 0.5) is 13.2 Å². The van der Waals surface area contributed by atoms with Gasteiger partial charge in [0.15, 0.2) is 0 Å². The molecule has 106 valence electrons. The summed E-state index contributed by atoms with van der Waals surface area (Å²) >= 11 is 0. The second-order valence-electron chi connectivity index (χ2n) is 4.06. The molecule has 0 aliphatic rings. The Labute approximate surface area is 109 Å². The fourth-order valence-corrected chi connectivity index (χ4v) is 1.64. The Morgan fingerprint density at radius 3 is 2.47 bits per heavy atom. The standard InChI is InChI=1S/C13H16F3NO2/c1-19-12(18)11(10-5-3-2-4-6-10)9-17-8-7-13(14,15)16/h2-6,11,17H,7-9H2,1H3. The topological polar surface area (TPSA) is 38.3 Å². The summed E-state index contributed by atoms with van der Waals surface area (Å²) in [6.07, 6.45) is -5.11. The second-order valence-corrected chi connectivity index (χ2v) is 4.06. The zero-order chi connectivity index (χ0) is 14.3. The maximum absolute atomic E-state index is 12.0. The number of rotatable bonds is 6. The molecule has 0 bridgehead atoms. The molecule has 0 fully saturated rings. The SMILES string of the molecule is COC(=O)C(CNCCC(F)(F)F)c1ccccc1. The minimum Gasteiger partial charge on any atom is -0.469 e. The Bertz CT molecular complexity index is 393. The van der Waals surface area contributed by atoms with Crippen LogP contribution >= 0.6 is 0 Å². The molecule has 1 atom stereocenters. The van der Waals surface area contributed by atoms with Crippen LogP contribution in [-0.4, -0.2) is 32.3 Å². The average Bonchev–Trinajstić information content (AvgIpc) is 2.38. The molecule has 3 nitrogen and oxygen atoms in total. The van der Waals surface area contributed by atoms with E-state index < -0.39 is 24.5 Å². The summed E-state index contributed by atoms with van der Waals surface area (Å²) in [6.45, 7) is -0.101.